The molecular formula is C6H12N2O. The van der Waals surface area contributed by atoms with Crippen molar-refractivity contribution < 1.29 is 4.79 Å². The minimum absolute atomic E-state index is 0.104. The minimum atomic E-state index is 0.104. The zero-order chi connectivity index (χ0) is 6.85. The first-order valence-corrected chi connectivity index (χ1v) is 3.24. The average Bonchev–Trinajstić information content (AvgIpc) is 2.40. The molecule has 1 aliphatic rings. The lowest BCUT2D eigenvalue weighted by Crippen LogP contribution is -2.34. The summed E-state index contributed by atoms with van der Waals surface area (Å²) < 4.78 is 0. The Hall–Kier alpha value is -0.570. The van der Waals surface area contributed by atoms with Crippen molar-refractivity contribution in [2.45, 2.75) is 25.9 Å². The quantitative estimate of drug-likeness (QED) is 0.492. The molecule has 0 aliphatic carbocycles. The Morgan fingerprint density at radius 2 is 2.33 bits per heavy atom. The van der Waals surface area contributed by atoms with Crippen LogP contribution in [-0.2, 0) is 4.79 Å². The van der Waals surface area contributed by atoms with Crippen LogP contribution in [0.2, 0.25) is 0 Å². The highest BCUT2D eigenvalue weighted by Crippen LogP contribution is 1.95. The van der Waals surface area contributed by atoms with Crippen LogP contribution in [0.1, 0.15) is 13.8 Å². The first-order valence-electron chi connectivity index (χ1n) is 3.24. The molecule has 0 aromatic rings. The van der Waals surface area contributed by atoms with Crippen molar-refractivity contribution in [1.82, 2.24) is 10.6 Å². The van der Waals surface area contributed by atoms with Crippen molar-refractivity contribution in [2.75, 3.05) is 6.54 Å². The molecule has 3 heteroatoms. The zero-order valence-electron chi connectivity index (χ0n) is 5.77. The maximum atomic E-state index is 10.8. The van der Waals surface area contributed by atoms with Crippen molar-refractivity contribution in [1.29, 1.82) is 0 Å². The van der Waals surface area contributed by atoms with Crippen molar-refractivity contribution in [3.8, 4) is 0 Å². The molecule has 0 radical (unpaired) electrons. The van der Waals surface area contributed by atoms with E-state index in [-0.39, 0.29) is 18.0 Å². The highest BCUT2D eigenvalue weighted by molar-refractivity contribution is 5.84. The maximum absolute atomic E-state index is 10.8. The third-order valence-corrected chi connectivity index (χ3v) is 1.16. The monoisotopic (exact) mass is 128 g/mol. The molecule has 1 saturated heterocycles. The number of hydrogen-bond acceptors (Lipinski definition) is 2. The van der Waals surface area contributed by atoms with Gasteiger partial charge in [-0.2, -0.15) is 0 Å². The molecule has 0 bridgehead atoms. The van der Waals surface area contributed by atoms with E-state index < -0.39 is 0 Å². The van der Waals surface area contributed by atoms with Crippen LogP contribution in [-0.4, -0.2) is 24.5 Å². The van der Waals surface area contributed by atoms with Gasteiger partial charge in [-0.25, -0.2) is 0 Å². The van der Waals surface area contributed by atoms with Crippen molar-refractivity contribution >= 4 is 5.91 Å². The Kier molecular flexibility index (Phi) is 1.71. The number of amides is 1. The third kappa shape index (κ3) is 2.01. The number of rotatable bonds is 2. The molecule has 0 spiro atoms. The topological polar surface area (TPSA) is 51.0 Å². The third-order valence-electron chi connectivity index (χ3n) is 1.16. The van der Waals surface area contributed by atoms with E-state index in [1.165, 1.54) is 0 Å². The summed E-state index contributed by atoms with van der Waals surface area (Å²) in [6, 6.07) is 0.368. The summed E-state index contributed by atoms with van der Waals surface area (Å²) in [5.74, 6) is 0.130. The summed E-state index contributed by atoms with van der Waals surface area (Å²) in [7, 11) is 0. The van der Waals surface area contributed by atoms with Gasteiger partial charge >= 0.3 is 0 Å². The van der Waals surface area contributed by atoms with Crippen LogP contribution in [0.25, 0.3) is 0 Å². The Bertz CT molecular complexity index is 118. The standard InChI is InChI=1S/C6H12N2O/c1-4(2)8-6(9)5-3-7-5/h4-5,7H,3H2,1-2H3,(H,8,9)/t5-/m1/s1. The lowest BCUT2D eigenvalue weighted by atomic mass is 10.3. The molecule has 9 heavy (non-hydrogen) atoms. The average molecular weight is 128 g/mol. The van der Waals surface area contributed by atoms with Crippen LogP contribution in [0.4, 0.5) is 0 Å². The second-order valence-corrected chi connectivity index (χ2v) is 2.62. The predicted molar refractivity (Wildman–Crippen MR) is 35.1 cm³/mol. The molecule has 1 fully saturated rings. The Balaban J connectivity index is 2.18. The van der Waals surface area contributed by atoms with Gasteiger partial charge in [0.2, 0.25) is 5.91 Å². The summed E-state index contributed by atoms with van der Waals surface area (Å²) in [5.41, 5.74) is 0. The van der Waals surface area contributed by atoms with Gasteiger partial charge in [-0.1, -0.05) is 0 Å². The van der Waals surface area contributed by atoms with Gasteiger partial charge in [-0.3, -0.25) is 4.79 Å². The van der Waals surface area contributed by atoms with Crippen LogP contribution in [0.3, 0.4) is 0 Å². The van der Waals surface area contributed by atoms with E-state index in [2.05, 4.69) is 10.6 Å². The van der Waals surface area contributed by atoms with Crippen LogP contribution in [0.5, 0.6) is 0 Å². The fourth-order valence-corrected chi connectivity index (χ4v) is 0.629. The Labute approximate surface area is 54.8 Å². The molecule has 3 nitrogen and oxygen atoms in total. The largest absolute Gasteiger partial charge is 0.353 e. The first-order chi connectivity index (χ1) is 4.20. The van der Waals surface area contributed by atoms with E-state index in [4.69, 9.17) is 0 Å². The second-order valence-electron chi connectivity index (χ2n) is 2.62. The summed E-state index contributed by atoms with van der Waals surface area (Å²) in [6.07, 6.45) is 0. The molecule has 0 aromatic heterocycles. The number of nitrogens with one attached hydrogen (secondary N) is 2. The highest BCUT2D eigenvalue weighted by Gasteiger charge is 2.28. The lowest BCUT2D eigenvalue weighted by molar-refractivity contribution is -0.121. The van der Waals surface area contributed by atoms with Gasteiger partial charge in [-0.15, -0.1) is 0 Å². The maximum Gasteiger partial charge on any atom is 0.238 e. The van der Waals surface area contributed by atoms with Crippen molar-refractivity contribution in [3.05, 3.63) is 0 Å². The molecular weight excluding hydrogens is 116 g/mol. The van der Waals surface area contributed by atoms with E-state index >= 15 is 0 Å². The molecule has 1 aliphatic heterocycles. The molecule has 1 amide bonds. The molecule has 1 heterocycles. The highest BCUT2D eigenvalue weighted by atomic mass is 16.2. The molecule has 0 unspecified atom stereocenters. The fraction of sp³-hybridized carbons (Fsp3) is 0.833. The number of hydrogen-bond donors (Lipinski definition) is 2. The second kappa shape index (κ2) is 2.35. The van der Waals surface area contributed by atoms with E-state index in [0.717, 1.165) is 6.54 Å². The van der Waals surface area contributed by atoms with Gasteiger partial charge in [0.25, 0.3) is 0 Å². The van der Waals surface area contributed by atoms with Gasteiger partial charge in [-0.05, 0) is 13.8 Å². The van der Waals surface area contributed by atoms with Gasteiger partial charge < -0.3 is 10.6 Å². The Morgan fingerprint density at radius 3 is 2.67 bits per heavy atom. The van der Waals surface area contributed by atoms with Crippen LogP contribution in [0, 0.1) is 0 Å². The minimum Gasteiger partial charge on any atom is -0.353 e. The molecule has 1 rings (SSSR count). The van der Waals surface area contributed by atoms with E-state index in [9.17, 15) is 4.79 Å². The molecule has 0 aromatic carbocycles. The number of carbonyl (C=O) groups excluding carboxylic acids is 1. The zero-order valence-corrected chi connectivity index (χ0v) is 5.77. The molecule has 52 valence electrons. The van der Waals surface area contributed by atoms with E-state index in [1.807, 2.05) is 13.8 Å². The summed E-state index contributed by atoms with van der Waals surface area (Å²) in [4.78, 5) is 10.8. The number of carbonyl (C=O) groups is 1. The smallest absolute Gasteiger partial charge is 0.238 e. The van der Waals surface area contributed by atoms with Crippen LogP contribution >= 0.6 is 0 Å². The SMILES string of the molecule is CC(C)NC(=O)[C@H]1CN1. The van der Waals surface area contributed by atoms with E-state index in [1.54, 1.807) is 0 Å². The van der Waals surface area contributed by atoms with Crippen LogP contribution in [0.15, 0.2) is 0 Å². The van der Waals surface area contributed by atoms with Gasteiger partial charge in [0.05, 0.1) is 6.04 Å². The van der Waals surface area contributed by atoms with Crippen molar-refractivity contribution in [3.63, 3.8) is 0 Å². The Morgan fingerprint density at radius 1 is 1.78 bits per heavy atom. The first kappa shape index (κ1) is 6.55. The fourth-order valence-electron chi connectivity index (χ4n) is 0.629. The molecule has 0 saturated carbocycles. The van der Waals surface area contributed by atoms with Gasteiger partial charge in [0.15, 0.2) is 0 Å². The predicted octanol–water partition coefficient (Wildman–Crippen LogP) is -0.517. The lowest BCUT2D eigenvalue weighted by Gasteiger charge is -2.05. The summed E-state index contributed by atoms with van der Waals surface area (Å²) >= 11 is 0. The van der Waals surface area contributed by atoms with Crippen LogP contribution < -0.4 is 10.6 Å². The normalized spacial score (nSPS) is 24.1. The van der Waals surface area contributed by atoms with Gasteiger partial charge in [0.1, 0.15) is 0 Å². The summed E-state index contributed by atoms with van der Waals surface area (Å²) in [6.45, 7) is 4.76. The van der Waals surface area contributed by atoms with Gasteiger partial charge in [0, 0.05) is 12.6 Å². The molecule has 1 atom stereocenters. The van der Waals surface area contributed by atoms with Crippen molar-refractivity contribution in [2.24, 2.45) is 0 Å². The summed E-state index contributed by atoms with van der Waals surface area (Å²) in [5, 5.41) is 5.73. The van der Waals surface area contributed by atoms with E-state index in [0.29, 0.717) is 0 Å². The molecule has 2 N–H and O–H groups in total.